The van der Waals surface area contributed by atoms with Crippen LogP contribution in [0, 0.1) is 0 Å². The Morgan fingerprint density at radius 3 is 2.29 bits per heavy atom. The van der Waals surface area contributed by atoms with Gasteiger partial charge in [-0.25, -0.2) is 4.98 Å². The molecule has 2 aromatic carbocycles. The van der Waals surface area contributed by atoms with Crippen LogP contribution in [0.4, 0.5) is 5.13 Å². The fourth-order valence-electron chi connectivity index (χ4n) is 2.75. The molecule has 3 aromatic rings. The molecule has 3 rings (SSSR count). The summed E-state index contributed by atoms with van der Waals surface area (Å²) in [6.45, 7) is 6.56. The minimum Gasteiger partial charge on any atom is -0.493 e. The number of thiazole rings is 1. The van der Waals surface area contributed by atoms with Gasteiger partial charge in [0.1, 0.15) is 0 Å². The van der Waals surface area contributed by atoms with Crippen molar-refractivity contribution < 1.29 is 14.3 Å². The van der Waals surface area contributed by atoms with Crippen LogP contribution in [0.5, 0.6) is 11.5 Å². The van der Waals surface area contributed by atoms with Crippen molar-refractivity contribution in [1.29, 1.82) is 0 Å². The van der Waals surface area contributed by atoms with E-state index in [9.17, 15) is 4.79 Å². The fraction of sp³-hybridized carbons (Fsp3) is 0.273. The number of ether oxygens (including phenoxy) is 2. The molecule has 0 saturated carbocycles. The lowest BCUT2D eigenvalue weighted by Crippen LogP contribution is -2.12. The van der Waals surface area contributed by atoms with Gasteiger partial charge in [-0.2, -0.15) is 0 Å². The molecule has 28 heavy (non-hydrogen) atoms. The molecule has 0 aliphatic heterocycles. The summed E-state index contributed by atoms with van der Waals surface area (Å²) in [5.74, 6) is 0.841. The van der Waals surface area contributed by atoms with Crippen LogP contribution in [-0.2, 0) is 5.41 Å². The third kappa shape index (κ3) is 4.34. The number of anilines is 1. The molecule has 0 spiro atoms. The van der Waals surface area contributed by atoms with E-state index < -0.39 is 0 Å². The summed E-state index contributed by atoms with van der Waals surface area (Å²) in [7, 11) is 3.10. The predicted molar refractivity (Wildman–Crippen MR) is 114 cm³/mol. The highest BCUT2D eigenvalue weighted by Crippen LogP contribution is 2.30. The van der Waals surface area contributed by atoms with Crippen molar-refractivity contribution in [1.82, 2.24) is 4.98 Å². The standard InChI is InChI=1S/C22H24N2O3S/c1-22(2,3)16-9-6-14(7-10-16)17-13-28-21(23-17)24-20(25)15-8-11-18(26-4)19(12-15)27-5/h6-13H,1-5H3,(H,23,24,25). The molecule has 0 saturated heterocycles. The lowest BCUT2D eigenvalue weighted by atomic mass is 9.86. The lowest BCUT2D eigenvalue weighted by molar-refractivity contribution is 0.102. The molecule has 6 heteroatoms. The summed E-state index contributed by atoms with van der Waals surface area (Å²) in [5, 5.41) is 5.34. The maximum Gasteiger partial charge on any atom is 0.257 e. The number of nitrogens with one attached hydrogen (secondary N) is 1. The second-order valence-electron chi connectivity index (χ2n) is 7.39. The molecule has 5 nitrogen and oxygen atoms in total. The second kappa shape index (κ2) is 8.02. The van der Waals surface area contributed by atoms with Gasteiger partial charge in [-0.15, -0.1) is 11.3 Å². The van der Waals surface area contributed by atoms with E-state index in [-0.39, 0.29) is 11.3 Å². The van der Waals surface area contributed by atoms with Gasteiger partial charge in [-0.1, -0.05) is 45.0 Å². The van der Waals surface area contributed by atoms with Crippen LogP contribution in [0.3, 0.4) is 0 Å². The zero-order valence-electron chi connectivity index (χ0n) is 16.7. The van der Waals surface area contributed by atoms with Gasteiger partial charge in [0, 0.05) is 16.5 Å². The number of carbonyl (C=O) groups excluding carboxylic acids is 1. The molecule has 0 radical (unpaired) electrons. The lowest BCUT2D eigenvalue weighted by Gasteiger charge is -2.18. The van der Waals surface area contributed by atoms with Crippen molar-refractivity contribution >= 4 is 22.4 Å². The number of hydrogen-bond donors (Lipinski definition) is 1. The van der Waals surface area contributed by atoms with E-state index in [1.54, 1.807) is 25.3 Å². The van der Waals surface area contributed by atoms with Gasteiger partial charge >= 0.3 is 0 Å². The smallest absolute Gasteiger partial charge is 0.257 e. The Hall–Kier alpha value is -2.86. The normalized spacial score (nSPS) is 11.2. The van der Waals surface area contributed by atoms with Crippen LogP contribution in [0.25, 0.3) is 11.3 Å². The Kier molecular flexibility index (Phi) is 5.70. The van der Waals surface area contributed by atoms with Gasteiger partial charge in [-0.3, -0.25) is 10.1 Å². The Bertz CT molecular complexity index is 972. The van der Waals surface area contributed by atoms with E-state index in [0.717, 1.165) is 11.3 Å². The van der Waals surface area contributed by atoms with Crippen LogP contribution >= 0.6 is 11.3 Å². The third-order valence-electron chi connectivity index (χ3n) is 4.42. The predicted octanol–water partition coefficient (Wildman–Crippen LogP) is 5.38. The highest BCUT2D eigenvalue weighted by atomic mass is 32.1. The van der Waals surface area contributed by atoms with Crippen molar-refractivity contribution in [3.63, 3.8) is 0 Å². The minimum atomic E-state index is -0.245. The Balaban J connectivity index is 1.75. The molecule has 0 unspecified atom stereocenters. The second-order valence-corrected chi connectivity index (χ2v) is 8.25. The monoisotopic (exact) mass is 396 g/mol. The SMILES string of the molecule is COc1ccc(C(=O)Nc2nc(-c3ccc(C(C)(C)C)cc3)cs2)cc1OC. The van der Waals surface area contributed by atoms with Crippen molar-refractivity contribution in [2.75, 3.05) is 19.5 Å². The number of nitrogens with zero attached hydrogens (tertiary/aromatic N) is 1. The minimum absolute atomic E-state index is 0.110. The highest BCUT2D eigenvalue weighted by Gasteiger charge is 2.15. The number of aromatic nitrogens is 1. The average molecular weight is 397 g/mol. The first-order chi connectivity index (χ1) is 13.3. The molecule has 1 amide bonds. The number of amides is 1. The van der Waals surface area contributed by atoms with E-state index in [4.69, 9.17) is 9.47 Å². The number of hydrogen-bond acceptors (Lipinski definition) is 5. The maximum absolute atomic E-state index is 12.5. The molecule has 146 valence electrons. The quantitative estimate of drug-likeness (QED) is 0.629. The van der Waals surface area contributed by atoms with Gasteiger partial charge < -0.3 is 9.47 Å². The molecule has 1 aromatic heterocycles. The summed E-state index contributed by atoms with van der Waals surface area (Å²) >= 11 is 1.40. The van der Waals surface area contributed by atoms with Crippen LogP contribution < -0.4 is 14.8 Å². The summed E-state index contributed by atoms with van der Waals surface area (Å²) in [6, 6.07) is 13.4. The van der Waals surface area contributed by atoms with Crippen molar-refractivity contribution in [2.45, 2.75) is 26.2 Å². The molecule has 0 fully saturated rings. The number of rotatable bonds is 5. The fourth-order valence-corrected chi connectivity index (χ4v) is 3.47. The highest BCUT2D eigenvalue weighted by molar-refractivity contribution is 7.14. The van der Waals surface area contributed by atoms with Gasteiger partial charge in [0.05, 0.1) is 19.9 Å². The van der Waals surface area contributed by atoms with Crippen molar-refractivity contribution in [3.05, 3.63) is 59.0 Å². The number of benzene rings is 2. The van der Waals surface area contributed by atoms with E-state index >= 15 is 0 Å². The molecule has 0 aliphatic rings. The zero-order chi connectivity index (χ0) is 20.3. The van der Waals surface area contributed by atoms with Crippen molar-refractivity contribution in [3.8, 4) is 22.8 Å². The summed E-state index contributed by atoms with van der Waals surface area (Å²) < 4.78 is 10.5. The Labute approximate surface area is 169 Å². The van der Waals surface area contributed by atoms with Gasteiger partial charge in [-0.05, 0) is 29.2 Å². The van der Waals surface area contributed by atoms with Crippen LogP contribution in [0.15, 0.2) is 47.8 Å². The molecule has 0 bridgehead atoms. The molecule has 0 atom stereocenters. The Morgan fingerprint density at radius 2 is 1.68 bits per heavy atom. The summed E-state index contributed by atoms with van der Waals surface area (Å²) in [6.07, 6.45) is 0. The first kappa shape index (κ1) is 19.9. The molecule has 1 N–H and O–H groups in total. The molecular formula is C22H24N2O3S. The largest absolute Gasteiger partial charge is 0.493 e. The summed E-state index contributed by atoms with van der Waals surface area (Å²) in [5.41, 5.74) is 3.72. The Morgan fingerprint density at radius 1 is 1.00 bits per heavy atom. The number of carbonyl (C=O) groups is 1. The van der Waals surface area contributed by atoms with Crippen LogP contribution in [0.1, 0.15) is 36.7 Å². The first-order valence-electron chi connectivity index (χ1n) is 8.91. The van der Waals surface area contributed by atoms with Gasteiger partial charge in [0.15, 0.2) is 16.6 Å². The van der Waals surface area contributed by atoms with Crippen LogP contribution in [-0.4, -0.2) is 25.1 Å². The summed E-state index contributed by atoms with van der Waals surface area (Å²) in [4.78, 5) is 17.1. The topological polar surface area (TPSA) is 60.5 Å². The van der Waals surface area contributed by atoms with Gasteiger partial charge in [0.2, 0.25) is 0 Å². The molecular weight excluding hydrogens is 372 g/mol. The van der Waals surface area contributed by atoms with E-state index in [0.29, 0.717) is 22.2 Å². The third-order valence-corrected chi connectivity index (χ3v) is 5.17. The van der Waals surface area contributed by atoms with Crippen molar-refractivity contribution in [2.24, 2.45) is 0 Å². The van der Waals surface area contributed by atoms with E-state index in [1.807, 2.05) is 5.38 Å². The van der Waals surface area contributed by atoms with Crippen LogP contribution in [0.2, 0.25) is 0 Å². The average Bonchev–Trinajstić information content (AvgIpc) is 3.15. The van der Waals surface area contributed by atoms with E-state index in [2.05, 4.69) is 55.3 Å². The zero-order valence-corrected chi connectivity index (χ0v) is 17.5. The van der Waals surface area contributed by atoms with E-state index in [1.165, 1.54) is 24.0 Å². The number of methoxy groups -OCH3 is 2. The molecule has 1 heterocycles. The van der Waals surface area contributed by atoms with Gasteiger partial charge in [0.25, 0.3) is 5.91 Å². The molecule has 0 aliphatic carbocycles. The maximum atomic E-state index is 12.5. The first-order valence-corrected chi connectivity index (χ1v) is 9.79.